The third kappa shape index (κ3) is 3.80. The van der Waals surface area contributed by atoms with Gasteiger partial charge in [-0.2, -0.15) is 0 Å². The van der Waals surface area contributed by atoms with E-state index in [9.17, 15) is 0 Å². The smallest absolute Gasteiger partial charge is 0.0306 e. The molecule has 1 atom stereocenters. The standard InChI is InChI=1S/C13H18BrN/c1-4-10(2)9-15-11(3)12-7-5-6-8-13(12)14/h5-8,11,15H,2,4,9H2,1,3H3/t11-/m0/s1. The zero-order chi connectivity index (χ0) is 11.3. The first-order valence-corrected chi connectivity index (χ1v) is 6.09. The molecule has 0 fully saturated rings. The highest BCUT2D eigenvalue weighted by molar-refractivity contribution is 9.10. The summed E-state index contributed by atoms with van der Waals surface area (Å²) in [5, 5.41) is 3.46. The third-order valence-electron chi connectivity index (χ3n) is 2.53. The molecule has 0 aliphatic heterocycles. The lowest BCUT2D eigenvalue weighted by Gasteiger charge is -2.16. The highest BCUT2D eigenvalue weighted by Crippen LogP contribution is 2.22. The van der Waals surface area contributed by atoms with Crippen molar-refractivity contribution in [1.29, 1.82) is 0 Å². The lowest BCUT2D eigenvalue weighted by Crippen LogP contribution is -2.21. The summed E-state index contributed by atoms with van der Waals surface area (Å²) in [6.45, 7) is 9.18. The quantitative estimate of drug-likeness (QED) is 0.794. The van der Waals surface area contributed by atoms with Gasteiger partial charge in [-0.25, -0.2) is 0 Å². The minimum absolute atomic E-state index is 0.351. The molecule has 0 bridgehead atoms. The van der Waals surface area contributed by atoms with Gasteiger partial charge in [0.2, 0.25) is 0 Å². The van der Waals surface area contributed by atoms with Crippen LogP contribution in [0.1, 0.15) is 31.9 Å². The van der Waals surface area contributed by atoms with Crippen LogP contribution in [-0.2, 0) is 0 Å². The van der Waals surface area contributed by atoms with E-state index in [1.54, 1.807) is 0 Å². The van der Waals surface area contributed by atoms with E-state index in [0.717, 1.165) is 17.4 Å². The average Bonchev–Trinajstić information content (AvgIpc) is 2.26. The van der Waals surface area contributed by atoms with Gasteiger partial charge in [0.1, 0.15) is 0 Å². The van der Waals surface area contributed by atoms with Crippen molar-refractivity contribution < 1.29 is 0 Å². The monoisotopic (exact) mass is 267 g/mol. The van der Waals surface area contributed by atoms with Gasteiger partial charge in [-0.3, -0.25) is 0 Å². The summed E-state index contributed by atoms with van der Waals surface area (Å²) in [5.74, 6) is 0. The molecule has 0 saturated carbocycles. The zero-order valence-corrected chi connectivity index (χ0v) is 11.0. The van der Waals surface area contributed by atoms with E-state index in [1.165, 1.54) is 11.1 Å². The molecule has 1 aromatic carbocycles. The van der Waals surface area contributed by atoms with Crippen molar-refractivity contribution in [3.63, 3.8) is 0 Å². The first kappa shape index (κ1) is 12.5. The van der Waals surface area contributed by atoms with E-state index < -0.39 is 0 Å². The molecule has 0 aliphatic rings. The number of rotatable bonds is 5. The van der Waals surface area contributed by atoms with Crippen LogP contribution in [0.15, 0.2) is 40.9 Å². The van der Waals surface area contributed by atoms with Gasteiger partial charge in [0.15, 0.2) is 0 Å². The topological polar surface area (TPSA) is 12.0 Å². The Kier molecular flexibility index (Phi) is 5.06. The van der Waals surface area contributed by atoms with Crippen molar-refractivity contribution >= 4 is 15.9 Å². The predicted molar refractivity (Wildman–Crippen MR) is 70.0 cm³/mol. The molecule has 0 spiro atoms. The Morgan fingerprint density at radius 2 is 2.13 bits per heavy atom. The molecule has 0 heterocycles. The van der Waals surface area contributed by atoms with Crippen LogP contribution in [0.5, 0.6) is 0 Å². The fraction of sp³-hybridized carbons (Fsp3) is 0.385. The van der Waals surface area contributed by atoms with E-state index in [0.29, 0.717) is 6.04 Å². The minimum atomic E-state index is 0.351. The molecule has 15 heavy (non-hydrogen) atoms. The Bertz CT molecular complexity index is 333. The van der Waals surface area contributed by atoms with Crippen LogP contribution in [0.3, 0.4) is 0 Å². The highest BCUT2D eigenvalue weighted by Gasteiger charge is 2.07. The van der Waals surface area contributed by atoms with Crippen LogP contribution in [-0.4, -0.2) is 6.54 Å². The second-order valence-corrected chi connectivity index (χ2v) is 4.58. The van der Waals surface area contributed by atoms with Crippen molar-refractivity contribution in [2.45, 2.75) is 26.3 Å². The highest BCUT2D eigenvalue weighted by atomic mass is 79.9. The Balaban J connectivity index is 2.57. The van der Waals surface area contributed by atoms with Crippen LogP contribution in [0, 0.1) is 0 Å². The molecular weight excluding hydrogens is 250 g/mol. The van der Waals surface area contributed by atoms with Gasteiger partial charge < -0.3 is 5.32 Å². The molecule has 2 heteroatoms. The number of hydrogen-bond acceptors (Lipinski definition) is 1. The molecule has 0 aliphatic carbocycles. The second-order valence-electron chi connectivity index (χ2n) is 3.73. The lowest BCUT2D eigenvalue weighted by atomic mass is 10.1. The van der Waals surface area contributed by atoms with Gasteiger partial charge in [-0.15, -0.1) is 0 Å². The fourth-order valence-electron chi connectivity index (χ4n) is 1.36. The Hall–Kier alpha value is -0.600. The SMILES string of the molecule is C=C(CC)CN[C@@H](C)c1ccccc1Br. The molecular formula is C13H18BrN. The predicted octanol–water partition coefficient (Wildman–Crippen LogP) is 4.07. The molecule has 1 nitrogen and oxygen atoms in total. The molecule has 1 N–H and O–H groups in total. The van der Waals surface area contributed by atoms with Crippen LogP contribution in [0.2, 0.25) is 0 Å². The number of hydrogen-bond donors (Lipinski definition) is 1. The van der Waals surface area contributed by atoms with Crippen molar-refractivity contribution in [2.75, 3.05) is 6.54 Å². The molecule has 0 radical (unpaired) electrons. The van der Waals surface area contributed by atoms with Crippen molar-refractivity contribution in [3.05, 3.63) is 46.5 Å². The van der Waals surface area contributed by atoms with Gasteiger partial charge in [-0.05, 0) is 25.0 Å². The van der Waals surface area contributed by atoms with Gasteiger partial charge >= 0.3 is 0 Å². The number of benzene rings is 1. The van der Waals surface area contributed by atoms with Crippen LogP contribution >= 0.6 is 15.9 Å². The maximum Gasteiger partial charge on any atom is 0.0306 e. The first-order valence-electron chi connectivity index (χ1n) is 5.29. The van der Waals surface area contributed by atoms with Crippen molar-refractivity contribution in [3.8, 4) is 0 Å². The second kappa shape index (κ2) is 6.09. The Labute approximate surface area is 101 Å². The van der Waals surface area contributed by atoms with E-state index in [-0.39, 0.29) is 0 Å². The summed E-state index contributed by atoms with van der Waals surface area (Å²) in [6.07, 6.45) is 1.04. The average molecular weight is 268 g/mol. The summed E-state index contributed by atoms with van der Waals surface area (Å²) >= 11 is 3.56. The minimum Gasteiger partial charge on any atom is -0.306 e. The van der Waals surface area contributed by atoms with E-state index in [1.807, 2.05) is 6.07 Å². The molecule has 1 aromatic rings. The third-order valence-corrected chi connectivity index (χ3v) is 3.25. The summed E-state index contributed by atoms with van der Waals surface area (Å²) in [5.41, 5.74) is 2.54. The first-order chi connectivity index (χ1) is 7.15. The summed E-state index contributed by atoms with van der Waals surface area (Å²) in [6, 6.07) is 8.65. The zero-order valence-electron chi connectivity index (χ0n) is 9.39. The van der Waals surface area contributed by atoms with Gasteiger partial charge in [0.25, 0.3) is 0 Å². The van der Waals surface area contributed by atoms with E-state index in [4.69, 9.17) is 0 Å². The van der Waals surface area contributed by atoms with Crippen molar-refractivity contribution in [2.24, 2.45) is 0 Å². The Morgan fingerprint density at radius 1 is 1.47 bits per heavy atom. The normalized spacial score (nSPS) is 12.5. The lowest BCUT2D eigenvalue weighted by molar-refractivity contribution is 0.600. The molecule has 0 unspecified atom stereocenters. The van der Waals surface area contributed by atoms with Gasteiger partial charge in [0, 0.05) is 17.1 Å². The Morgan fingerprint density at radius 3 is 2.73 bits per heavy atom. The van der Waals surface area contributed by atoms with Crippen molar-refractivity contribution in [1.82, 2.24) is 5.32 Å². The largest absolute Gasteiger partial charge is 0.306 e. The molecule has 0 aromatic heterocycles. The van der Waals surface area contributed by atoms with Crippen LogP contribution in [0.25, 0.3) is 0 Å². The summed E-state index contributed by atoms with van der Waals surface area (Å²) < 4.78 is 1.16. The van der Waals surface area contributed by atoms with E-state index in [2.05, 4.69) is 59.9 Å². The van der Waals surface area contributed by atoms with Gasteiger partial charge in [-0.1, -0.05) is 53.2 Å². The maximum atomic E-state index is 3.99. The maximum absolute atomic E-state index is 3.99. The summed E-state index contributed by atoms with van der Waals surface area (Å²) in [4.78, 5) is 0. The van der Waals surface area contributed by atoms with Crippen LogP contribution < -0.4 is 5.32 Å². The fourth-order valence-corrected chi connectivity index (χ4v) is 1.99. The van der Waals surface area contributed by atoms with E-state index >= 15 is 0 Å². The molecule has 1 rings (SSSR count). The van der Waals surface area contributed by atoms with Gasteiger partial charge in [0.05, 0.1) is 0 Å². The molecule has 0 amide bonds. The molecule has 0 saturated heterocycles. The molecule has 82 valence electrons. The number of nitrogens with one attached hydrogen (secondary N) is 1. The summed E-state index contributed by atoms with van der Waals surface area (Å²) in [7, 11) is 0. The van der Waals surface area contributed by atoms with Crippen LogP contribution in [0.4, 0.5) is 0 Å². The number of halogens is 1.